The molecule has 202 valence electrons. The number of aromatic nitrogens is 5. The van der Waals surface area contributed by atoms with Crippen LogP contribution in [0.5, 0.6) is 11.5 Å². The summed E-state index contributed by atoms with van der Waals surface area (Å²) in [6.45, 7) is 7.60. The maximum atomic E-state index is 13.0. The number of rotatable bonds is 6. The highest BCUT2D eigenvalue weighted by molar-refractivity contribution is 5.99. The number of nitrogens with zero attached hydrogens (tertiary/aromatic N) is 5. The van der Waals surface area contributed by atoms with E-state index in [1.165, 1.54) is 13.3 Å². The molecule has 3 amide bonds. The number of hydrogen-bond acceptors (Lipinski definition) is 7. The van der Waals surface area contributed by atoms with Crippen LogP contribution in [-0.2, 0) is 10.2 Å². The van der Waals surface area contributed by atoms with Crippen molar-refractivity contribution in [3.8, 4) is 17.2 Å². The quantitative estimate of drug-likeness (QED) is 0.246. The zero-order valence-corrected chi connectivity index (χ0v) is 22.5. The van der Waals surface area contributed by atoms with Gasteiger partial charge in [-0.1, -0.05) is 20.8 Å². The van der Waals surface area contributed by atoms with Crippen molar-refractivity contribution in [3.63, 3.8) is 0 Å². The summed E-state index contributed by atoms with van der Waals surface area (Å²) in [6.07, 6.45) is 4.79. The maximum absolute atomic E-state index is 13.0. The monoisotopic (exact) mass is 536 g/mol. The van der Waals surface area contributed by atoms with Gasteiger partial charge in [0.15, 0.2) is 0 Å². The van der Waals surface area contributed by atoms with Crippen molar-refractivity contribution in [3.05, 3.63) is 85.1 Å². The number of carbonyl (C=O) groups is 2. The minimum absolute atomic E-state index is 0.220. The molecule has 0 saturated heterocycles. The molecule has 0 aliphatic carbocycles. The lowest BCUT2D eigenvalue weighted by Crippen LogP contribution is -2.21. The molecule has 0 radical (unpaired) electrons. The van der Waals surface area contributed by atoms with E-state index in [0.717, 1.165) is 22.3 Å². The second-order valence-electron chi connectivity index (χ2n) is 10.1. The third-order valence-electron chi connectivity index (χ3n) is 5.84. The molecule has 3 aromatic heterocycles. The van der Waals surface area contributed by atoms with Crippen molar-refractivity contribution in [2.75, 3.05) is 16.0 Å². The summed E-state index contributed by atoms with van der Waals surface area (Å²) in [4.78, 5) is 36.7. The minimum atomic E-state index is -0.423. The first kappa shape index (κ1) is 26.3. The predicted molar refractivity (Wildman–Crippen MR) is 153 cm³/mol. The van der Waals surface area contributed by atoms with Gasteiger partial charge in [0.05, 0.1) is 16.9 Å². The molecule has 11 nitrogen and oxygen atoms in total. The third-order valence-corrected chi connectivity index (χ3v) is 5.84. The molecule has 2 aromatic carbocycles. The standard InChI is InChI=1S/C29H28N8O3/c1-18(38)33-26-14-23(11-12-31-26)40-22-8-5-20(6-9-22)34-28(39)35-27-15-25(29(2,3)4)36-37(27)21-7-10-24-19(13-21)16-30-17-32-24/h5-17H,1-4H3,(H,31,33,38)(H2,34,35,39). The van der Waals surface area contributed by atoms with Crippen LogP contribution in [0.4, 0.5) is 22.1 Å². The number of nitrogens with one attached hydrogen (secondary N) is 3. The lowest BCUT2D eigenvalue weighted by molar-refractivity contribution is -0.114. The summed E-state index contributed by atoms with van der Waals surface area (Å²) < 4.78 is 7.55. The number of carbonyl (C=O) groups excluding carboxylic acids is 2. The van der Waals surface area contributed by atoms with Crippen molar-refractivity contribution in [2.24, 2.45) is 0 Å². The highest BCUT2D eigenvalue weighted by Crippen LogP contribution is 2.28. The van der Waals surface area contributed by atoms with Gasteiger partial charge < -0.3 is 15.4 Å². The number of urea groups is 1. The Hall–Kier alpha value is -5.32. The van der Waals surface area contributed by atoms with Crippen molar-refractivity contribution in [1.29, 1.82) is 0 Å². The van der Waals surface area contributed by atoms with Crippen molar-refractivity contribution in [2.45, 2.75) is 33.1 Å². The Labute approximate surface area is 230 Å². The molecule has 0 aliphatic rings. The fourth-order valence-corrected chi connectivity index (χ4v) is 3.88. The summed E-state index contributed by atoms with van der Waals surface area (Å²) in [5.41, 5.74) is 2.76. The Balaban J connectivity index is 1.31. The molecule has 3 N–H and O–H groups in total. The minimum Gasteiger partial charge on any atom is -0.457 e. The van der Waals surface area contributed by atoms with E-state index in [4.69, 9.17) is 9.84 Å². The van der Waals surface area contributed by atoms with Gasteiger partial charge in [-0.25, -0.2) is 24.4 Å². The lowest BCUT2D eigenvalue weighted by Gasteiger charge is -2.14. The number of benzene rings is 2. The van der Waals surface area contributed by atoms with Gasteiger partial charge in [-0.05, 0) is 48.5 Å². The second-order valence-corrected chi connectivity index (χ2v) is 10.1. The molecule has 0 unspecified atom stereocenters. The first-order valence-electron chi connectivity index (χ1n) is 12.5. The molecule has 0 atom stereocenters. The van der Waals surface area contributed by atoms with Crippen molar-refractivity contribution < 1.29 is 14.3 Å². The first-order valence-corrected chi connectivity index (χ1v) is 12.5. The van der Waals surface area contributed by atoms with Crippen LogP contribution in [-0.4, -0.2) is 36.7 Å². The van der Waals surface area contributed by atoms with Crippen molar-refractivity contribution >= 4 is 40.2 Å². The van der Waals surface area contributed by atoms with E-state index in [1.54, 1.807) is 53.5 Å². The highest BCUT2D eigenvalue weighted by atomic mass is 16.5. The van der Waals surface area contributed by atoms with E-state index in [0.29, 0.717) is 28.8 Å². The number of anilines is 3. The van der Waals surface area contributed by atoms with Gasteiger partial charge in [-0.3, -0.25) is 10.1 Å². The Morgan fingerprint density at radius 2 is 1.68 bits per heavy atom. The van der Waals surface area contributed by atoms with Gasteiger partial charge in [0, 0.05) is 47.9 Å². The van der Waals surface area contributed by atoms with Crippen LogP contribution in [0.15, 0.2) is 79.4 Å². The molecular weight excluding hydrogens is 508 g/mol. The van der Waals surface area contributed by atoms with E-state index in [1.807, 2.05) is 24.3 Å². The molecule has 5 rings (SSSR count). The van der Waals surface area contributed by atoms with E-state index in [9.17, 15) is 9.59 Å². The molecule has 5 aromatic rings. The van der Waals surface area contributed by atoms with Crippen LogP contribution < -0.4 is 20.7 Å². The molecule has 3 heterocycles. The Kier molecular flexibility index (Phi) is 7.11. The van der Waals surface area contributed by atoms with Crippen LogP contribution in [0.1, 0.15) is 33.4 Å². The van der Waals surface area contributed by atoms with Crippen LogP contribution in [0.25, 0.3) is 16.6 Å². The molecule has 11 heteroatoms. The SMILES string of the molecule is CC(=O)Nc1cc(Oc2ccc(NC(=O)Nc3cc(C(C)(C)C)nn3-c3ccc4ncncc4c3)cc2)ccn1. The molecule has 0 spiro atoms. The van der Waals surface area contributed by atoms with Gasteiger partial charge in [-0.2, -0.15) is 5.10 Å². The lowest BCUT2D eigenvalue weighted by atomic mass is 9.92. The van der Waals surface area contributed by atoms with E-state index in [-0.39, 0.29) is 11.3 Å². The molecule has 40 heavy (non-hydrogen) atoms. The van der Waals surface area contributed by atoms with Crippen LogP contribution in [0.2, 0.25) is 0 Å². The van der Waals surface area contributed by atoms with Gasteiger partial charge in [0.1, 0.15) is 29.5 Å². The van der Waals surface area contributed by atoms with E-state index < -0.39 is 6.03 Å². The Morgan fingerprint density at radius 1 is 0.875 bits per heavy atom. The number of pyridine rings is 1. The highest BCUT2D eigenvalue weighted by Gasteiger charge is 2.22. The molecule has 0 aliphatic heterocycles. The van der Waals surface area contributed by atoms with Crippen LogP contribution >= 0.6 is 0 Å². The Morgan fingerprint density at radius 3 is 2.42 bits per heavy atom. The molecule has 0 bridgehead atoms. The summed E-state index contributed by atoms with van der Waals surface area (Å²) >= 11 is 0. The predicted octanol–water partition coefficient (Wildman–Crippen LogP) is 5.90. The number of amides is 3. The average molecular weight is 537 g/mol. The fraction of sp³-hybridized carbons (Fsp3) is 0.172. The van der Waals surface area contributed by atoms with Crippen LogP contribution in [0.3, 0.4) is 0 Å². The van der Waals surface area contributed by atoms with Gasteiger partial charge >= 0.3 is 6.03 Å². The summed E-state index contributed by atoms with van der Waals surface area (Å²) in [5.74, 6) is 1.76. The van der Waals surface area contributed by atoms with Crippen molar-refractivity contribution in [1.82, 2.24) is 24.7 Å². The molecule has 0 saturated carbocycles. The van der Waals surface area contributed by atoms with Crippen LogP contribution in [0, 0.1) is 0 Å². The molecular formula is C29H28N8O3. The largest absolute Gasteiger partial charge is 0.457 e. The Bertz CT molecular complexity index is 1690. The topological polar surface area (TPSA) is 136 Å². The number of ether oxygens (including phenoxy) is 1. The summed E-state index contributed by atoms with van der Waals surface area (Å²) in [6, 6.07) is 17.4. The van der Waals surface area contributed by atoms with E-state index in [2.05, 4.69) is 51.7 Å². The second kappa shape index (κ2) is 10.8. The first-order chi connectivity index (χ1) is 19.1. The number of fused-ring (bicyclic) bond motifs is 1. The van der Waals surface area contributed by atoms with Gasteiger partial charge in [-0.15, -0.1) is 0 Å². The third kappa shape index (κ3) is 6.21. The normalized spacial score (nSPS) is 11.2. The zero-order valence-electron chi connectivity index (χ0n) is 22.5. The zero-order chi connectivity index (χ0) is 28.3. The number of hydrogen-bond donors (Lipinski definition) is 3. The maximum Gasteiger partial charge on any atom is 0.324 e. The average Bonchev–Trinajstić information content (AvgIpc) is 3.34. The van der Waals surface area contributed by atoms with E-state index >= 15 is 0 Å². The summed E-state index contributed by atoms with van der Waals surface area (Å²) in [5, 5.41) is 14.0. The summed E-state index contributed by atoms with van der Waals surface area (Å²) in [7, 11) is 0. The van der Waals surface area contributed by atoms with Gasteiger partial charge in [0.2, 0.25) is 5.91 Å². The molecule has 0 fully saturated rings. The van der Waals surface area contributed by atoms with Gasteiger partial charge in [0.25, 0.3) is 0 Å². The fourth-order valence-electron chi connectivity index (χ4n) is 3.88. The smallest absolute Gasteiger partial charge is 0.324 e.